The number of rotatable bonds is 3. The Morgan fingerprint density at radius 2 is 1.76 bits per heavy atom. The van der Waals surface area contributed by atoms with Crippen LogP contribution in [0, 0.1) is 11.3 Å². The first-order chi connectivity index (χ1) is 15.8. The zero-order chi connectivity index (χ0) is 23.2. The summed E-state index contributed by atoms with van der Waals surface area (Å²) in [6, 6.07) is 16.3. The molecular weight excluding hydrogens is 429 g/mol. The number of hydrogen-bond donors (Lipinski definition) is 0. The van der Waals surface area contributed by atoms with E-state index in [2.05, 4.69) is 23.0 Å². The van der Waals surface area contributed by atoms with Crippen LogP contribution in [0.4, 0.5) is 13.2 Å². The van der Waals surface area contributed by atoms with E-state index in [1.807, 2.05) is 28.7 Å². The van der Waals surface area contributed by atoms with Crippen LogP contribution in [-0.4, -0.2) is 40.5 Å². The lowest BCUT2D eigenvalue weighted by Gasteiger charge is -2.29. The van der Waals surface area contributed by atoms with Gasteiger partial charge in [0.2, 0.25) is 5.88 Å². The Balaban J connectivity index is 1.69. The summed E-state index contributed by atoms with van der Waals surface area (Å²) in [7, 11) is 2.07. The van der Waals surface area contributed by atoms with Gasteiger partial charge in [-0.3, -0.25) is 4.40 Å². The van der Waals surface area contributed by atoms with Crippen LogP contribution in [0.25, 0.3) is 27.8 Å². The SMILES string of the molecule is CN1CCC(Oc2cc(-c3ccc(C(F)(F)F)cc3)c(C#N)c3nc4ccccc4n23)CC1. The lowest BCUT2D eigenvalue weighted by Crippen LogP contribution is -2.36. The van der Waals surface area contributed by atoms with Gasteiger partial charge >= 0.3 is 6.18 Å². The summed E-state index contributed by atoms with van der Waals surface area (Å²) in [5, 5.41) is 10.00. The van der Waals surface area contributed by atoms with Crippen LogP contribution in [0.1, 0.15) is 24.0 Å². The van der Waals surface area contributed by atoms with Gasteiger partial charge in [0.25, 0.3) is 0 Å². The Morgan fingerprint density at radius 3 is 2.42 bits per heavy atom. The van der Waals surface area contributed by atoms with E-state index < -0.39 is 11.7 Å². The van der Waals surface area contributed by atoms with Gasteiger partial charge < -0.3 is 9.64 Å². The lowest BCUT2D eigenvalue weighted by atomic mass is 10.00. The van der Waals surface area contributed by atoms with Crippen LogP contribution in [0.15, 0.2) is 54.6 Å². The van der Waals surface area contributed by atoms with E-state index in [-0.39, 0.29) is 6.10 Å². The number of alkyl halides is 3. The fourth-order valence-electron chi connectivity index (χ4n) is 4.33. The van der Waals surface area contributed by atoms with Crippen LogP contribution in [-0.2, 0) is 6.18 Å². The first-order valence-electron chi connectivity index (χ1n) is 10.7. The normalized spacial score (nSPS) is 15.7. The number of benzene rings is 2. The minimum Gasteiger partial charge on any atom is -0.475 e. The van der Waals surface area contributed by atoms with E-state index in [0.717, 1.165) is 43.6 Å². The Kier molecular flexibility index (Phi) is 5.22. The van der Waals surface area contributed by atoms with Crippen molar-refractivity contribution in [1.82, 2.24) is 14.3 Å². The summed E-state index contributed by atoms with van der Waals surface area (Å²) in [5.74, 6) is 0.530. The molecule has 0 bridgehead atoms. The van der Waals surface area contributed by atoms with Crippen molar-refractivity contribution in [3.05, 3.63) is 65.7 Å². The minimum atomic E-state index is -4.43. The minimum absolute atomic E-state index is 0.000969. The van der Waals surface area contributed by atoms with Crippen LogP contribution in [0.3, 0.4) is 0 Å². The van der Waals surface area contributed by atoms with E-state index in [0.29, 0.717) is 33.7 Å². The molecule has 1 saturated heterocycles. The maximum Gasteiger partial charge on any atom is 0.416 e. The molecule has 0 amide bonds. The second-order valence-corrected chi connectivity index (χ2v) is 8.34. The number of fused-ring (bicyclic) bond motifs is 3. The molecule has 0 unspecified atom stereocenters. The summed E-state index contributed by atoms with van der Waals surface area (Å²) in [5.41, 5.74) is 2.51. The van der Waals surface area contributed by atoms with Crippen LogP contribution >= 0.6 is 0 Å². The molecule has 2 aromatic carbocycles. The highest BCUT2D eigenvalue weighted by atomic mass is 19.4. The molecule has 0 saturated carbocycles. The average molecular weight is 450 g/mol. The maximum atomic E-state index is 13.1. The largest absolute Gasteiger partial charge is 0.475 e. The predicted molar refractivity (Wildman–Crippen MR) is 119 cm³/mol. The summed E-state index contributed by atoms with van der Waals surface area (Å²) < 4.78 is 47.4. The fraction of sp³-hybridized carbons (Fsp3) is 0.280. The van der Waals surface area contributed by atoms with Gasteiger partial charge in [-0.15, -0.1) is 0 Å². The number of piperidine rings is 1. The van der Waals surface area contributed by atoms with Gasteiger partial charge in [0, 0.05) is 24.7 Å². The summed E-state index contributed by atoms with van der Waals surface area (Å²) >= 11 is 0. The Morgan fingerprint density at radius 1 is 1.06 bits per heavy atom. The van der Waals surface area contributed by atoms with Gasteiger partial charge in [0.05, 0.1) is 16.6 Å². The van der Waals surface area contributed by atoms with Gasteiger partial charge in [-0.1, -0.05) is 24.3 Å². The zero-order valence-corrected chi connectivity index (χ0v) is 17.9. The Bertz CT molecular complexity index is 1360. The van der Waals surface area contributed by atoms with Gasteiger partial charge in [-0.05, 0) is 49.7 Å². The molecule has 1 aliphatic rings. The number of imidazole rings is 1. The van der Waals surface area contributed by atoms with Gasteiger partial charge in [-0.2, -0.15) is 18.4 Å². The third-order valence-corrected chi connectivity index (χ3v) is 6.13. The third-order valence-electron chi connectivity index (χ3n) is 6.13. The smallest absolute Gasteiger partial charge is 0.416 e. The number of nitrogens with zero attached hydrogens (tertiary/aromatic N) is 4. The highest BCUT2D eigenvalue weighted by Crippen LogP contribution is 2.36. The molecule has 8 heteroatoms. The molecule has 0 spiro atoms. The number of para-hydroxylation sites is 2. The molecule has 1 aliphatic heterocycles. The van der Waals surface area contributed by atoms with Crippen molar-refractivity contribution < 1.29 is 17.9 Å². The van der Waals surface area contributed by atoms with Crippen molar-refractivity contribution in [2.75, 3.05) is 20.1 Å². The number of ether oxygens (including phenoxy) is 1. The Hall–Kier alpha value is -3.57. The lowest BCUT2D eigenvalue weighted by molar-refractivity contribution is -0.137. The van der Waals surface area contributed by atoms with Crippen molar-refractivity contribution in [3.8, 4) is 23.1 Å². The van der Waals surface area contributed by atoms with Crippen LogP contribution in [0.5, 0.6) is 5.88 Å². The predicted octanol–water partition coefficient (Wildman–Crippen LogP) is 5.52. The Labute approximate surface area is 188 Å². The van der Waals surface area contributed by atoms with Crippen molar-refractivity contribution in [3.63, 3.8) is 0 Å². The highest BCUT2D eigenvalue weighted by Gasteiger charge is 2.30. The van der Waals surface area contributed by atoms with Gasteiger partial charge in [0.15, 0.2) is 5.65 Å². The molecule has 3 heterocycles. The van der Waals surface area contributed by atoms with E-state index in [4.69, 9.17) is 4.74 Å². The molecule has 0 atom stereocenters. The van der Waals surface area contributed by atoms with E-state index >= 15 is 0 Å². The van der Waals surface area contributed by atoms with E-state index in [1.165, 1.54) is 12.1 Å². The molecular formula is C25H21F3N4O. The molecule has 2 aromatic heterocycles. The topological polar surface area (TPSA) is 53.6 Å². The molecule has 4 aromatic rings. The number of nitriles is 1. The van der Waals surface area contributed by atoms with E-state index in [1.54, 1.807) is 6.07 Å². The molecule has 5 rings (SSSR count). The first-order valence-corrected chi connectivity index (χ1v) is 10.7. The fourth-order valence-corrected chi connectivity index (χ4v) is 4.33. The summed E-state index contributed by atoms with van der Waals surface area (Å²) in [4.78, 5) is 6.91. The van der Waals surface area contributed by atoms with Gasteiger partial charge in [-0.25, -0.2) is 4.98 Å². The maximum absolute atomic E-state index is 13.1. The number of likely N-dealkylation sites (tertiary alicyclic amines) is 1. The van der Waals surface area contributed by atoms with Crippen molar-refractivity contribution in [1.29, 1.82) is 5.26 Å². The monoisotopic (exact) mass is 450 g/mol. The third kappa shape index (κ3) is 3.89. The van der Waals surface area contributed by atoms with Crippen LogP contribution in [0.2, 0.25) is 0 Å². The molecule has 0 N–H and O–H groups in total. The standard InChI is InChI=1S/C25H21F3N4O/c1-31-12-10-18(11-13-31)33-23-14-19(16-6-8-17(9-7-16)25(26,27)28)20(15-29)24-30-21-4-2-3-5-22(21)32(23)24/h2-9,14,18H,10-13H2,1H3. The number of pyridine rings is 1. The van der Waals surface area contributed by atoms with E-state index in [9.17, 15) is 18.4 Å². The van der Waals surface area contributed by atoms with Gasteiger partial charge in [0.1, 0.15) is 17.7 Å². The second-order valence-electron chi connectivity index (χ2n) is 8.34. The molecule has 1 fully saturated rings. The molecule has 0 radical (unpaired) electrons. The van der Waals surface area contributed by atoms with Crippen molar-refractivity contribution in [2.24, 2.45) is 0 Å². The van der Waals surface area contributed by atoms with Crippen LogP contribution < -0.4 is 4.74 Å². The second kappa shape index (κ2) is 8.09. The summed E-state index contributed by atoms with van der Waals surface area (Å²) in [6.07, 6.45) is -2.71. The molecule has 33 heavy (non-hydrogen) atoms. The van der Waals surface area contributed by atoms with Crippen molar-refractivity contribution in [2.45, 2.75) is 25.1 Å². The number of hydrogen-bond acceptors (Lipinski definition) is 4. The quantitative estimate of drug-likeness (QED) is 0.413. The molecule has 0 aliphatic carbocycles. The zero-order valence-electron chi connectivity index (χ0n) is 17.9. The highest BCUT2D eigenvalue weighted by molar-refractivity contribution is 5.87. The average Bonchev–Trinajstić information content (AvgIpc) is 3.19. The number of halogens is 3. The molecule has 168 valence electrons. The first kappa shape index (κ1) is 21.3. The number of aromatic nitrogens is 2. The molecule has 5 nitrogen and oxygen atoms in total. The summed E-state index contributed by atoms with van der Waals surface area (Å²) in [6.45, 7) is 1.83. The van der Waals surface area contributed by atoms with Crippen molar-refractivity contribution >= 4 is 16.7 Å².